The van der Waals surface area contributed by atoms with Gasteiger partial charge in [-0.2, -0.15) is 5.10 Å². The Hall–Kier alpha value is -1.40. The van der Waals surface area contributed by atoms with Gasteiger partial charge in [-0.3, -0.25) is 14.8 Å². The number of amides is 1. The summed E-state index contributed by atoms with van der Waals surface area (Å²) >= 11 is 0. The molecule has 3 heterocycles. The summed E-state index contributed by atoms with van der Waals surface area (Å²) in [6.07, 6.45) is 4.74. The van der Waals surface area contributed by atoms with Crippen LogP contribution >= 0.6 is 0 Å². The smallest absolute Gasteiger partial charge is 0.222 e. The summed E-state index contributed by atoms with van der Waals surface area (Å²) in [5, 5.41) is 7.65. The van der Waals surface area contributed by atoms with Crippen LogP contribution in [0.25, 0.3) is 0 Å². The molecule has 1 aromatic rings. The number of hydrogen-bond donors (Lipinski definition) is 2. The highest BCUT2D eigenvalue weighted by Gasteiger charge is 2.38. The highest BCUT2D eigenvalue weighted by molar-refractivity contribution is 5.77. The average Bonchev–Trinajstić information content (AvgIpc) is 3.00. The van der Waals surface area contributed by atoms with Gasteiger partial charge in [-0.25, -0.2) is 0 Å². The number of aromatic amines is 1. The van der Waals surface area contributed by atoms with Crippen molar-refractivity contribution in [1.82, 2.24) is 20.0 Å². The fourth-order valence-corrected chi connectivity index (χ4v) is 4.38. The van der Waals surface area contributed by atoms with Crippen LogP contribution in [0, 0.1) is 11.8 Å². The van der Waals surface area contributed by atoms with Crippen LogP contribution in [0.2, 0.25) is 0 Å². The first kappa shape index (κ1) is 18.4. The van der Waals surface area contributed by atoms with Crippen LogP contribution in [0.4, 0.5) is 0 Å². The van der Waals surface area contributed by atoms with E-state index in [2.05, 4.69) is 39.9 Å². The Morgan fingerprint density at radius 3 is 3.00 bits per heavy atom. The summed E-state index contributed by atoms with van der Waals surface area (Å²) in [6, 6.07) is 2.63. The van der Waals surface area contributed by atoms with Gasteiger partial charge in [0.25, 0.3) is 0 Å². The van der Waals surface area contributed by atoms with Gasteiger partial charge < -0.3 is 10.6 Å². The molecule has 6 nitrogen and oxygen atoms in total. The lowest BCUT2D eigenvalue weighted by Crippen LogP contribution is -2.56. The second kappa shape index (κ2) is 8.32. The third-order valence-electron chi connectivity index (χ3n) is 5.53. The molecule has 1 aromatic heterocycles. The first-order chi connectivity index (χ1) is 12.1. The van der Waals surface area contributed by atoms with Gasteiger partial charge in [0, 0.05) is 44.3 Å². The van der Waals surface area contributed by atoms with Gasteiger partial charge in [0.2, 0.25) is 5.91 Å². The molecule has 2 fully saturated rings. The van der Waals surface area contributed by atoms with E-state index in [-0.39, 0.29) is 0 Å². The molecule has 1 amide bonds. The molecule has 0 spiro atoms. The first-order valence-corrected chi connectivity index (χ1v) is 9.82. The Morgan fingerprint density at radius 2 is 2.24 bits per heavy atom. The van der Waals surface area contributed by atoms with Crippen LogP contribution in [0.5, 0.6) is 0 Å². The number of nitrogens with zero attached hydrogens (tertiary/aromatic N) is 3. The minimum Gasteiger partial charge on any atom is -0.339 e. The summed E-state index contributed by atoms with van der Waals surface area (Å²) in [6.45, 7) is 8.99. The maximum atomic E-state index is 12.3. The second-order valence-electron chi connectivity index (χ2n) is 8.10. The van der Waals surface area contributed by atoms with Crippen LogP contribution in [0.3, 0.4) is 0 Å². The predicted octanol–water partition coefficient (Wildman–Crippen LogP) is 1.77. The molecule has 0 bridgehead atoms. The highest BCUT2D eigenvalue weighted by Crippen LogP contribution is 2.31. The average molecular weight is 348 g/mol. The summed E-state index contributed by atoms with van der Waals surface area (Å²) in [4.78, 5) is 16.9. The summed E-state index contributed by atoms with van der Waals surface area (Å²) in [5.41, 5.74) is 8.02. The highest BCUT2D eigenvalue weighted by atomic mass is 16.2. The maximum Gasteiger partial charge on any atom is 0.222 e. The van der Waals surface area contributed by atoms with Crippen LogP contribution < -0.4 is 5.73 Å². The van der Waals surface area contributed by atoms with Gasteiger partial charge in [-0.15, -0.1) is 0 Å². The van der Waals surface area contributed by atoms with E-state index in [1.165, 1.54) is 5.69 Å². The van der Waals surface area contributed by atoms with Gasteiger partial charge in [0.1, 0.15) is 0 Å². The lowest BCUT2D eigenvalue weighted by atomic mass is 9.83. The molecule has 2 saturated heterocycles. The van der Waals surface area contributed by atoms with Gasteiger partial charge >= 0.3 is 0 Å². The van der Waals surface area contributed by atoms with Crippen LogP contribution in [-0.2, 0) is 17.8 Å². The molecule has 0 aromatic carbocycles. The topological polar surface area (TPSA) is 78.3 Å². The van der Waals surface area contributed by atoms with E-state index in [0.717, 1.165) is 57.6 Å². The zero-order valence-corrected chi connectivity index (χ0v) is 15.7. The molecule has 0 saturated carbocycles. The van der Waals surface area contributed by atoms with Crippen LogP contribution in [-0.4, -0.2) is 58.1 Å². The molecule has 2 unspecified atom stereocenters. The minimum absolute atomic E-state index is 0.329. The van der Waals surface area contributed by atoms with Crippen molar-refractivity contribution in [3.05, 3.63) is 17.5 Å². The van der Waals surface area contributed by atoms with Crippen molar-refractivity contribution in [2.75, 3.05) is 26.2 Å². The third kappa shape index (κ3) is 4.61. The molecule has 3 rings (SSSR count). The minimum atomic E-state index is 0.329. The Kier molecular flexibility index (Phi) is 6.12. The predicted molar refractivity (Wildman–Crippen MR) is 98.9 cm³/mol. The van der Waals surface area contributed by atoms with Crippen molar-refractivity contribution in [3.63, 3.8) is 0 Å². The number of nitrogens with one attached hydrogen (secondary N) is 1. The van der Waals surface area contributed by atoms with Crippen molar-refractivity contribution >= 4 is 5.91 Å². The molecule has 2 aliphatic heterocycles. The Labute approximate surface area is 151 Å². The van der Waals surface area contributed by atoms with E-state index in [9.17, 15) is 4.79 Å². The summed E-state index contributed by atoms with van der Waals surface area (Å²) in [7, 11) is 0. The molecule has 2 aliphatic rings. The van der Waals surface area contributed by atoms with E-state index in [1.54, 1.807) is 0 Å². The lowest BCUT2D eigenvalue weighted by molar-refractivity contribution is -0.141. The van der Waals surface area contributed by atoms with Crippen molar-refractivity contribution in [3.8, 4) is 0 Å². The number of likely N-dealkylation sites (tertiary alicyclic amines) is 2. The molecule has 3 N–H and O–H groups in total. The normalized spacial score (nSPS) is 24.8. The molecule has 0 radical (unpaired) electrons. The van der Waals surface area contributed by atoms with E-state index in [0.29, 0.717) is 36.8 Å². The van der Waals surface area contributed by atoms with Crippen molar-refractivity contribution in [2.24, 2.45) is 17.6 Å². The number of H-pyrrole nitrogens is 1. The van der Waals surface area contributed by atoms with Gasteiger partial charge in [-0.1, -0.05) is 13.8 Å². The largest absolute Gasteiger partial charge is 0.339 e. The molecular formula is C19H33N5O. The fraction of sp³-hybridized carbons (Fsp3) is 0.789. The molecule has 2 atom stereocenters. The molecule has 0 aliphatic carbocycles. The van der Waals surface area contributed by atoms with E-state index in [4.69, 9.17) is 5.73 Å². The van der Waals surface area contributed by atoms with Crippen molar-refractivity contribution in [2.45, 2.75) is 58.5 Å². The van der Waals surface area contributed by atoms with Gasteiger partial charge in [-0.05, 0) is 50.1 Å². The SMILES string of the molecule is CC(C)Cc1cc(CN2CCC3C(CCC(=O)N3CCCN)C2)[nH]n1. The zero-order valence-electron chi connectivity index (χ0n) is 15.7. The van der Waals surface area contributed by atoms with Gasteiger partial charge in [0.05, 0.1) is 5.69 Å². The summed E-state index contributed by atoms with van der Waals surface area (Å²) < 4.78 is 0. The molecule has 140 valence electrons. The third-order valence-corrected chi connectivity index (χ3v) is 5.53. The Morgan fingerprint density at radius 1 is 1.40 bits per heavy atom. The summed E-state index contributed by atoms with van der Waals surface area (Å²) in [5.74, 6) is 1.56. The second-order valence-corrected chi connectivity index (χ2v) is 8.10. The van der Waals surface area contributed by atoms with E-state index < -0.39 is 0 Å². The van der Waals surface area contributed by atoms with Gasteiger partial charge in [0.15, 0.2) is 0 Å². The zero-order chi connectivity index (χ0) is 17.8. The van der Waals surface area contributed by atoms with E-state index >= 15 is 0 Å². The number of nitrogens with two attached hydrogens (primary N) is 1. The Balaban J connectivity index is 1.56. The molecular weight excluding hydrogens is 314 g/mol. The fourth-order valence-electron chi connectivity index (χ4n) is 4.38. The van der Waals surface area contributed by atoms with Crippen molar-refractivity contribution in [1.29, 1.82) is 0 Å². The molecule has 25 heavy (non-hydrogen) atoms. The quantitative estimate of drug-likeness (QED) is 0.788. The molecule has 6 heteroatoms. The number of fused-ring (bicyclic) bond motifs is 1. The van der Waals surface area contributed by atoms with Crippen molar-refractivity contribution < 1.29 is 4.79 Å². The number of rotatable bonds is 7. The number of aromatic nitrogens is 2. The standard InChI is InChI=1S/C19H33N5O/c1-14(2)10-16-11-17(22-21-16)13-23-9-6-18-15(12-23)4-5-19(25)24(18)8-3-7-20/h11,14-15,18H,3-10,12-13,20H2,1-2H3,(H,21,22). The first-order valence-electron chi connectivity index (χ1n) is 9.82. The van der Waals surface area contributed by atoms with Crippen LogP contribution in [0.15, 0.2) is 6.07 Å². The number of carbonyl (C=O) groups is 1. The Bertz CT molecular complexity index is 570. The lowest BCUT2D eigenvalue weighted by Gasteiger charge is -2.47. The number of piperidine rings is 2. The maximum absolute atomic E-state index is 12.3. The number of carbonyl (C=O) groups excluding carboxylic acids is 1. The number of hydrogen-bond acceptors (Lipinski definition) is 4. The van der Waals surface area contributed by atoms with Crippen LogP contribution in [0.1, 0.15) is 50.9 Å². The van der Waals surface area contributed by atoms with E-state index in [1.807, 2.05) is 0 Å². The monoisotopic (exact) mass is 347 g/mol.